The van der Waals surface area contributed by atoms with Crippen LogP contribution in [0.25, 0.3) is 23.0 Å². The second-order valence-corrected chi connectivity index (χ2v) is 4.33. The van der Waals surface area contributed by atoms with Crippen molar-refractivity contribution in [2.75, 3.05) is 0 Å². The van der Waals surface area contributed by atoms with Crippen LogP contribution >= 0.6 is 0 Å². The van der Waals surface area contributed by atoms with E-state index in [1.807, 2.05) is 0 Å². The molecule has 0 aliphatic rings. The van der Waals surface area contributed by atoms with Gasteiger partial charge in [-0.2, -0.15) is 0 Å². The van der Waals surface area contributed by atoms with Crippen molar-refractivity contribution in [3.05, 3.63) is 54.2 Å². The molecule has 2 heterocycles. The third-order valence-corrected chi connectivity index (χ3v) is 2.85. The highest BCUT2D eigenvalue weighted by Gasteiger charge is 2.18. The van der Waals surface area contributed by atoms with Crippen LogP contribution in [0.2, 0.25) is 0 Å². The average molecular weight is 286 g/mol. The summed E-state index contributed by atoms with van der Waals surface area (Å²) in [6, 6.07) is 8.81. The molecule has 0 radical (unpaired) electrons. The van der Waals surface area contributed by atoms with Gasteiger partial charge in [0, 0.05) is 18.0 Å². The quantitative estimate of drug-likeness (QED) is 0.733. The number of carbonyl (C=O) groups is 1. The third kappa shape index (κ3) is 2.69. The average Bonchev–Trinajstić information content (AvgIpc) is 3.08. The first-order valence-corrected chi connectivity index (χ1v) is 6.13. The van der Waals surface area contributed by atoms with E-state index in [1.54, 1.807) is 12.1 Å². The summed E-state index contributed by atoms with van der Waals surface area (Å²) >= 11 is 0. The molecule has 0 aliphatic heterocycles. The Labute approximate surface area is 118 Å². The standard InChI is InChI=1S/C15H10FNO4/c16-10-5-3-9(4-6-10)15-17-11(8-13(18)19)14(21-15)12-2-1-7-20-12/h1-7H,8H2,(H,18,19)/p-1. The third-order valence-electron chi connectivity index (χ3n) is 2.85. The van der Waals surface area contributed by atoms with Crippen molar-refractivity contribution in [1.29, 1.82) is 0 Å². The second kappa shape index (κ2) is 5.24. The lowest BCUT2D eigenvalue weighted by molar-refractivity contribution is -0.304. The summed E-state index contributed by atoms with van der Waals surface area (Å²) in [5.74, 6) is -0.874. The molecule has 2 aromatic heterocycles. The molecular weight excluding hydrogens is 277 g/mol. The summed E-state index contributed by atoms with van der Waals surface area (Å²) in [6.45, 7) is 0. The molecule has 0 aliphatic carbocycles. The van der Waals surface area contributed by atoms with Gasteiger partial charge in [0.15, 0.2) is 11.5 Å². The molecule has 0 unspecified atom stereocenters. The summed E-state index contributed by atoms with van der Waals surface area (Å²) in [7, 11) is 0. The smallest absolute Gasteiger partial charge is 0.227 e. The number of carboxylic acids is 1. The van der Waals surface area contributed by atoms with E-state index in [0.29, 0.717) is 11.3 Å². The van der Waals surface area contributed by atoms with Crippen molar-refractivity contribution in [2.24, 2.45) is 0 Å². The number of hydrogen-bond acceptors (Lipinski definition) is 5. The Bertz CT molecular complexity index is 760. The molecule has 0 spiro atoms. The van der Waals surface area contributed by atoms with Crippen LogP contribution in [0.5, 0.6) is 0 Å². The Balaban J connectivity index is 2.07. The number of oxazole rings is 1. The number of benzene rings is 1. The van der Waals surface area contributed by atoms with E-state index in [9.17, 15) is 14.3 Å². The molecule has 1 aromatic carbocycles. The zero-order valence-electron chi connectivity index (χ0n) is 10.7. The van der Waals surface area contributed by atoms with Crippen LogP contribution in [0.1, 0.15) is 5.69 Å². The van der Waals surface area contributed by atoms with Crippen LogP contribution in [-0.2, 0) is 11.2 Å². The normalized spacial score (nSPS) is 10.7. The highest BCUT2D eigenvalue weighted by atomic mass is 19.1. The molecule has 0 N–H and O–H groups in total. The van der Waals surface area contributed by atoms with E-state index >= 15 is 0 Å². The minimum absolute atomic E-state index is 0.192. The molecule has 21 heavy (non-hydrogen) atoms. The fourth-order valence-electron chi connectivity index (χ4n) is 1.92. The van der Waals surface area contributed by atoms with Gasteiger partial charge in [0.25, 0.3) is 0 Å². The summed E-state index contributed by atoms with van der Waals surface area (Å²) in [6.07, 6.45) is 1.04. The maximum absolute atomic E-state index is 12.9. The van der Waals surface area contributed by atoms with Crippen LogP contribution in [-0.4, -0.2) is 11.0 Å². The molecular formula is C15H9FNO4-. The number of halogens is 1. The van der Waals surface area contributed by atoms with Crippen molar-refractivity contribution >= 4 is 5.97 Å². The van der Waals surface area contributed by atoms with Crippen molar-refractivity contribution in [3.8, 4) is 23.0 Å². The minimum atomic E-state index is -1.28. The number of rotatable bonds is 4. The Hall–Kier alpha value is -2.89. The van der Waals surface area contributed by atoms with E-state index in [-0.39, 0.29) is 23.2 Å². The number of furan rings is 1. The van der Waals surface area contributed by atoms with Crippen LogP contribution in [0.15, 0.2) is 51.5 Å². The fourth-order valence-corrected chi connectivity index (χ4v) is 1.92. The molecule has 0 saturated heterocycles. The minimum Gasteiger partial charge on any atom is -0.550 e. The van der Waals surface area contributed by atoms with E-state index < -0.39 is 12.4 Å². The maximum atomic E-state index is 12.9. The first-order valence-electron chi connectivity index (χ1n) is 6.13. The number of carboxylic acid groups (broad SMARTS) is 1. The number of aromatic nitrogens is 1. The monoisotopic (exact) mass is 286 g/mol. The van der Waals surface area contributed by atoms with Crippen molar-refractivity contribution < 1.29 is 23.1 Å². The molecule has 3 rings (SSSR count). The summed E-state index contributed by atoms with van der Waals surface area (Å²) < 4.78 is 23.7. The molecule has 0 fully saturated rings. The van der Waals surface area contributed by atoms with Gasteiger partial charge in [0.1, 0.15) is 5.82 Å². The molecule has 6 heteroatoms. The first kappa shape index (κ1) is 13.1. The topological polar surface area (TPSA) is 79.3 Å². The van der Waals surface area contributed by atoms with E-state index in [1.165, 1.54) is 30.5 Å². The number of nitrogens with zero attached hydrogens (tertiary/aromatic N) is 1. The lowest BCUT2D eigenvalue weighted by Crippen LogP contribution is -2.24. The maximum Gasteiger partial charge on any atom is 0.227 e. The van der Waals surface area contributed by atoms with Crippen molar-refractivity contribution in [3.63, 3.8) is 0 Å². The zero-order valence-corrected chi connectivity index (χ0v) is 10.7. The Morgan fingerprint density at radius 2 is 2.00 bits per heavy atom. The summed E-state index contributed by atoms with van der Waals surface area (Å²) in [4.78, 5) is 14.9. The Kier molecular flexibility index (Phi) is 3.27. The van der Waals surface area contributed by atoms with Gasteiger partial charge < -0.3 is 18.7 Å². The van der Waals surface area contributed by atoms with Crippen molar-refractivity contribution in [1.82, 2.24) is 4.98 Å². The summed E-state index contributed by atoms with van der Waals surface area (Å²) in [5.41, 5.74) is 0.734. The zero-order chi connectivity index (χ0) is 14.8. The lowest BCUT2D eigenvalue weighted by Gasteiger charge is -1.98. The molecule has 3 aromatic rings. The molecule has 5 nitrogen and oxygen atoms in total. The van der Waals surface area contributed by atoms with Gasteiger partial charge in [-0.3, -0.25) is 0 Å². The van der Waals surface area contributed by atoms with Gasteiger partial charge in [-0.15, -0.1) is 0 Å². The number of carbonyl (C=O) groups excluding carboxylic acids is 1. The van der Waals surface area contributed by atoms with Gasteiger partial charge in [-0.25, -0.2) is 9.37 Å². The SMILES string of the molecule is O=C([O-])Cc1nc(-c2ccc(F)cc2)oc1-c1ccco1. The Morgan fingerprint density at radius 1 is 1.24 bits per heavy atom. The van der Waals surface area contributed by atoms with E-state index in [0.717, 1.165) is 0 Å². The number of hydrogen-bond donors (Lipinski definition) is 0. The van der Waals surface area contributed by atoms with Gasteiger partial charge in [0.05, 0.1) is 12.0 Å². The highest BCUT2D eigenvalue weighted by Crippen LogP contribution is 2.30. The molecule has 0 atom stereocenters. The van der Waals surface area contributed by atoms with Gasteiger partial charge >= 0.3 is 0 Å². The predicted octanol–water partition coefficient (Wildman–Crippen LogP) is 2.03. The number of aliphatic carboxylic acids is 1. The second-order valence-electron chi connectivity index (χ2n) is 4.33. The molecule has 0 amide bonds. The molecule has 0 bridgehead atoms. The molecule has 106 valence electrons. The van der Waals surface area contributed by atoms with E-state index in [4.69, 9.17) is 8.83 Å². The highest BCUT2D eigenvalue weighted by molar-refractivity contribution is 5.71. The van der Waals surface area contributed by atoms with E-state index in [2.05, 4.69) is 4.98 Å². The van der Waals surface area contributed by atoms with Gasteiger partial charge in [0.2, 0.25) is 5.89 Å². The lowest BCUT2D eigenvalue weighted by atomic mass is 10.2. The van der Waals surface area contributed by atoms with Crippen LogP contribution in [0.4, 0.5) is 4.39 Å². The van der Waals surface area contributed by atoms with Gasteiger partial charge in [-0.05, 0) is 36.4 Å². The van der Waals surface area contributed by atoms with Crippen LogP contribution < -0.4 is 5.11 Å². The Morgan fingerprint density at radius 3 is 2.62 bits per heavy atom. The first-order chi connectivity index (χ1) is 10.1. The largest absolute Gasteiger partial charge is 0.550 e. The summed E-state index contributed by atoms with van der Waals surface area (Å²) in [5, 5.41) is 10.8. The van der Waals surface area contributed by atoms with Crippen LogP contribution in [0, 0.1) is 5.82 Å². The van der Waals surface area contributed by atoms with Crippen molar-refractivity contribution in [2.45, 2.75) is 6.42 Å². The van der Waals surface area contributed by atoms with Crippen LogP contribution in [0.3, 0.4) is 0 Å². The fraction of sp³-hybridized carbons (Fsp3) is 0.0667. The van der Waals surface area contributed by atoms with Gasteiger partial charge in [-0.1, -0.05) is 0 Å². The predicted molar refractivity (Wildman–Crippen MR) is 68.3 cm³/mol. The molecule has 0 saturated carbocycles.